The van der Waals surface area contributed by atoms with E-state index in [0.717, 1.165) is 24.2 Å². The van der Waals surface area contributed by atoms with Gasteiger partial charge >= 0.3 is 0 Å². The summed E-state index contributed by atoms with van der Waals surface area (Å²) in [6.45, 7) is 1.45. The summed E-state index contributed by atoms with van der Waals surface area (Å²) in [7, 11) is 1.73. The molecule has 4 rings (SSSR count). The fourth-order valence-electron chi connectivity index (χ4n) is 3.83. The van der Waals surface area contributed by atoms with Crippen LogP contribution in [0.15, 0.2) is 49.1 Å². The second-order valence-electron chi connectivity index (χ2n) is 8.01. The highest BCUT2D eigenvalue weighted by Gasteiger charge is 2.29. The van der Waals surface area contributed by atoms with Gasteiger partial charge in [0.15, 0.2) is 0 Å². The summed E-state index contributed by atoms with van der Waals surface area (Å²) in [6.07, 6.45) is 8.60. The van der Waals surface area contributed by atoms with Gasteiger partial charge in [-0.05, 0) is 29.3 Å². The molecule has 0 saturated carbocycles. The summed E-state index contributed by atoms with van der Waals surface area (Å²) in [6, 6.07) is 5.36. The van der Waals surface area contributed by atoms with Gasteiger partial charge in [0, 0.05) is 67.9 Å². The number of carbonyl (C=O) groups is 1. The second-order valence-corrected chi connectivity index (χ2v) is 8.01. The first-order valence-electron chi connectivity index (χ1n) is 10.0. The molecule has 0 saturated heterocycles. The van der Waals surface area contributed by atoms with Gasteiger partial charge in [-0.3, -0.25) is 19.4 Å². The number of anilines is 1. The van der Waals surface area contributed by atoms with Crippen LogP contribution in [0.3, 0.4) is 0 Å². The van der Waals surface area contributed by atoms with Gasteiger partial charge < -0.3 is 5.32 Å². The van der Waals surface area contributed by atoms with E-state index < -0.39 is 17.6 Å². The first-order valence-corrected chi connectivity index (χ1v) is 10.0. The van der Waals surface area contributed by atoms with Crippen molar-refractivity contribution in [3.05, 3.63) is 71.6 Å². The molecule has 0 unspecified atom stereocenters. The zero-order chi connectivity index (χ0) is 22.9. The van der Waals surface area contributed by atoms with E-state index in [9.17, 15) is 18.0 Å². The third-order valence-corrected chi connectivity index (χ3v) is 5.10. The number of rotatable bonds is 6. The third kappa shape index (κ3) is 5.05. The van der Waals surface area contributed by atoms with Crippen LogP contribution in [-0.2, 0) is 24.9 Å². The molecule has 0 bridgehead atoms. The Hall–Kier alpha value is -3.46. The number of halogens is 3. The maximum absolute atomic E-state index is 14.4. The summed E-state index contributed by atoms with van der Waals surface area (Å²) < 4.78 is 42.5. The summed E-state index contributed by atoms with van der Waals surface area (Å²) in [5.41, 5.74) is 3.77. The number of nitrogens with one attached hydrogen (secondary N) is 1. The Kier molecular flexibility index (Phi) is 5.84. The summed E-state index contributed by atoms with van der Waals surface area (Å²) >= 11 is 0. The highest BCUT2D eigenvalue weighted by molar-refractivity contribution is 6.02. The Morgan fingerprint density at radius 3 is 2.72 bits per heavy atom. The van der Waals surface area contributed by atoms with Gasteiger partial charge in [0.1, 0.15) is 5.82 Å². The van der Waals surface area contributed by atoms with E-state index in [1.54, 1.807) is 35.0 Å². The number of hydrogen-bond acceptors (Lipinski definition) is 4. The number of aryl methyl sites for hydroxylation is 1. The quantitative estimate of drug-likeness (QED) is 0.581. The van der Waals surface area contributed by atoms with Crippen LogP contribution in [0.4, 0.5) is 18.9 Å². The molecule has 0 aliphatic carbocycles. The van der Waals surface area contributed by atoms with Crippen LogP contribution in [0.1, 0.15) is 23.6 Å². The Morgan fingerprint density at radius 1 is 1.22 bits per heavy atom. The first kappa shape index (κ1) is 21.8. The summed E-state index contributed by atoms with van der Waals surface area (Å²) in [5.74, 6) is -3.67. The molecule has 0 atom stereocenters. The molecule has 1 N–H and O–H groups in total. The zero-order valence-electron chi connectivity index (χ0n) is 17.6. The van der Waals surface area contributed by atoms with Crippen molar-refractivity contribution in [2.75, 3.05) is 11.9 Å². The molecule has 1 amide bonds. The molecule has 0 spiro atoms. The van der Waals surface area contributed by atoms with Crippen molar-refractivity contribution in [2.24, 2.45) is 7.05 Å². The van der Waals surface area contributed by atoms with Crippen molar-refractivity contribution in [2.45, 2.75) is 25.9 Å². The molecule has 3 aromatic rings. The number of hydrogen-bond donors (Lipinski definition) is 1. The maximum Gasteiger partial charge on any atom is 0.257 e. The Bertz CT molecular complexity index is 1180. The van der Waals surface area contributed by atoms with Crippen molar-refractivity contribution in [1.29, 1.82) is 0 Å². The van der Waals surface area contributed by atoms with Gasteiger partial charge in [-0.2, -0.15) is 5.10 Å². The van der Waals surface area contributed by atoms with Crippen molar-refractivity contribution in [3.63, 3.8) is 0 Å². The van der Waals surface area contributed by atoms with Crippen molar-refractivity contribution in [3.8, 4) is 11.1 Å². The van der Waals surface area contributed by atoms with Crippen molar-refractivity contribution in [1.82, 2.24) is 19.7 Å². The van der Waals surface area contributed by atoms with Crippen molar-refractivity contribution < 1.29 is 18.0 Å². The lowest BCUT2D eigenvalue weighted by atomic mass is 10.0. The van der Waals surface area contributed by atoms with Crippen LogP contribution < -0.4 is 5.32 Å². The largest absolute Gasteiger partial charge is 0.323 e. The molecule has 6 nitrogen and oxygen atoms in total. The minimum absolute atomic E-state index is 0.308. The van der Waals surface area contributed by atoms with Gasteiger partial charge in [-0.15, -0.1) is 0 Å². The molecule has 2 aromatic heterocycles. The summed E-state index contributed by atoms with van der Waals surface area (Å²) in [4.78, 5) is 18.0. The van der Waals surface area contributed by atoms with Crippen molar-refractivity contribution >= 4 is 17.7 Å². The normalized spacial score (nSPS) is 14.2. The number of alkyl halides is 2. The molecular weight excluding hydrogens is 419 g/mol. The Morgan fingerprint density at radius 2 is 2.00 bits per heavy atom. The van der Waals surface area contributed by atoms with E-state index in [4.69, 9.17) is 0 Å². The molecule has 9 heteroatoms. The average Bonchev–Trinajstić information content (AvgIpc) is 3.30. The molecule has 1 aromatic carbocycles. The maximum atomic E-state index is 14.4. The highest BCUT2D eigenvalue weighted by Crippen LogP contribution is 2.29. The van der Waals surface area contributed by atoms with E-state index in [1.807, 2.05) is 6.07 Å². The minimum atomic E-state index is -2.76. The Labute approximate surface area is 183 Å². The summed E-state index contributed by atoms with van der Waals surface area (Å²) in [5, 5.41) is 6.82. The molecule has 166 valence electrons. The zero-order valence-corrected chi connectivity index (χ0v) is 17.6. The SMILES string of the molecule is Cn1cc(-c2c(F)cncc2C=CC(=O)Nc2ccc3c(c2)CN(CC(C)(F)F)C3)cn1. The van der Waals surface area contributed by atoms with E-state index in [1.165, 1.54) is 24.5 Å². The molecule has 1 aliphatic rings. The molecule has 0 radical (unpaired) electrons. The van der Waals surface area contributed by atoms with Gasteiger partial charge in [-0.1, -0.05) is 6.07 Å². The van der Waals surface area contributed by atoms with Gasteiger partial charge in [-0.25, -0.2) is 13.2 Å². The van der Waals surface area contributed by atoms with Gasteiger partial charge in [0.2, 0.25) is 5.91 Å². The fraction of sp³-hybridized carbons (Fsp3) is 0.261. The van der Waals surface area contributed by atoms with Crippen LogP contribution in [-0.4, -0.2) is 38.0 Å². The lowest BCUT2D eigenvalue weighted by molar-refractivity contribution is -0.111. The Balaban J connectivity index is 1.46. The van der Waals surface area contributed by atoms with E-state index in [0.29, 0.717) is 35.5 Å². The van der Waals surface area contributed by atoms with Crippen LogP contribution in [0, 0.1) is 5.82 Å². The van der Waals surface area contributed by atoms with Crippen LogP contribution in [0.2, 0.25) is 0 Å². The van der Waals surface area contributed by atoms with Gasteiger partial charge in [0.25, 0.3) is 5.92 Å². The smallest absolute Gasteiger partial charge is 0.257 e. The third-order valence-electron chi connectivity index (χ3n) is 5.10. The predicted molar refractivity (Wildman–Crippen MR) is 115 cm³/mol. The van der Waals surface area contributed by atoms with Crippen LogP contribution >= 0.6 is 0 Å². The topological polar surface area (TPSA) is 63.1 Å². The fourth-order valence-corrected chi connectivity index (χ4v) is 3.83. The minimum Gasteiger partial charge on any atom is -0.323 e. The monoisotopic (exact) mass is 441 g/mol. The number of fused-ring (bicyclic) bond motifs is 1. The lowest BCUT2D eigenvalue weighted by Gasteiger charge is -2.19. The standard InChI is InChI=1S/C23H22F3N5O/c1-23(25,26)14-31-12-16-3-5-19(7-17(16)13-31)29-21(32)6-4-15-8-27-10-20(24)22(15)18-9-28-30(2)11-18/h3-11H,12-14H2,1-2H3,(H,29,32). The average molecular weight is 441 g/mol. The van der Waals surface area contributed by atoms with Crippen LogP contribution in [0.25, 0.3) is 17.2 Å². The molecule has 3 heterocycles. The molecule has 1 aliphatic heterocycles. The molecule has 0 fully saturated rings. The van der Waals surface area contributed by atoms with E-state index >= 15 is 0 Å². The molecule has 32 heavy (non-hydrogen) atoms. The number of pyridine rings is 1. The first-order chi connectivity index (χ1) is 15.2. The number of benzene rings is 1. The number of nitrogens with zero attached hydrogens (tertiary/aromatic N) is 4. The van der Waals surface area contributed by atoms with Gasteiger partial charge in [0.05, 0.1) is 18.9 Å². The lowest BCUT2D eigenvalue weighted by Crippen LogP contribution is -2.30. The molecular formula is C23H22F3N5O. The van der Waals surface area contributed by atoms with E-state index in [2.05, 4.69) is 15.4 Å². The highest BCUT2D eigenvalue weighted by atomic mass is 19.3. The predicted octanol–water partition coefficient (Wildman–Crippen LogP) is 4.24. The number of aromatic nitrogens is 3. The second kappa shape index (κ2) is 8.58. The number of carbonyl (C=O) groups excluding carboxylic acids is 1. The van der Waals surface area contributed by atoms with Crippen LogP contribution in [0.5, 0.6) is 0 Å². The van der Waals surface area contributed by atoms with E-state index in [-0.39, 0.29) is 6.54 Å². The number of amides is 1.